The minimum absolute atomic E-state index is 0.884. The Morgan fingerprint density at radius 1 is 1.08 bits per heavy atom. The third-order valence-corrected chi connectivity index (χ3v) is 1.18. The van der Waals surface area contributed by atoms with Crippen LogP contribution in [0.5, 0.6) is 0 Å². The Kier molecular flexibility index (Phi) is 32.1. The third kappa shape index (κ3) is 81.0. The van der Waals surface area contributed by atoms with E-state index in [0.717, 1.165) is 12.5 Å². The summed E-state index contributed by atoms with van der Waals surface area (Å²) in [6.45, 7) is 15.7. The second kappa shape index (κ2) is 22.6. The van der Waals surface area contributed by atoms with Crippen LogP contribution in [0.1, 0.15) is 61.3 Å². The molecule has 0 radical (unpaired) electrons. The zero-order valence-corrected chi connectivity index (χ0v) is 10.7. The Morgan fingerprint density at radius 2 is 1.38 bits per heavy atom. The Bertz CT molecular complexity index is 75.2. The molecule has 0 atom stereocenters. The Balaban J connectivity index is -0.000000120. The molecule has 1 heteroatoms. The van der Waals surface area contributed by atoms with Gasteiger partial charge in [-0.1, -0.05) is 47.5 Å². The summed E-state index contributed by atoms with van der Waals surface area (Å²) in [5.74, 6) is 0.884. The molecule has 0 bridgehead atoms. The summed E-state index contributed by atoms with van der Waals surface area (Å²) >= 11 is 0. The van der Waals surface area contributed by atoms with Crippen LogP contribution in [0.15, 0.2) is 4.99 Å². The minimum atomic E-state index is 0.884. The summed E-state index contributed by atoms with van der Waals surface area (Å²) in [5.41, 5.74) is 0. The maximum atomic E-state index is 3.85. The smallest absolute Gasteiger partial charge is 0.0356 e. The van der Waals surface area contributed by atoms with Crippen LogP contribution in [0, 0.1) is 5.92 Å². The first-order valence-electron chi connectivity index (χ1n) is 5.54. The SMILES string of the molecule is CC=NCC.CCC.CCC(C)C. The van der Waals surface area contributed by atoms with Gasteiger partial charge in [0.15, 0.2) is 0 Å². The zero-order valence-electron chi connectivity index (χ0n) is 10.7. The van der Waals surface area contributed by atoms with Gasteiger partial charge >= 0.3 is 0 Å². The number of hydrogen-bond acceptors (Lipinski definition) is 1. The summed E-state index contributed by atoms with van der Waals surface area (Å²) in [6.07, 6.45) is 4.36. The first kappa shape index (κ1) is 18.5. The molecule has 1 nitrogen and oxygen atoms in total. The van der Waals surface area contributed by atoms with Crippen molar-refractivity contribution in [1.29, 1.82) is 0 Å². The lowest BCUT2D eigenvalue weighted by atomic mass is 10.2. The van der Waals surface area contributed by atoms with Crippen molar-refractivity contribution in [3.05, 3.63) is 0 Å². The summed E-state index contributed by atoms with van der Waals surface area (Å²) in [6, 6.07) is 0. The van der Waals surface area contributed by atoms with Crippen LogP contribution < -0.4 is 0 Å². The molecule has 0 aromatic rings. The third-order valence-electron chi connectivity index (χ3n) is 1.18. The van der Waals surface area contributed by atoms with E-state index < -0.39 is 0 Å². The van der Waals surface area contributed by atoms with Gasteiger partial charge in [-0.2, -0.15) is 0 Å². The van der Waals surface area contributed by atoms with Crippen LogP contribution in [-0.4, -0.2) is 12.8 Å². The van der Waals surface area contributed by atoms with E-state index in [-0.39, 0.29) is 0 Å². The molecule has 0 aliphatic heterocycles. The van der Waals surface area contributed by atoms with Gasteiger partial charge in [-0.25, -0.2) is 0 Å². The Morgan fingerprint density at radius 3 is 1.38 bits per heavy atom. The van der Waals surface area contributed by atoms with Gasteiger partial charge in [-0.3, -0.25) is 4.99 Å². The molecule has 0 aliphatic rings. The number of nitrogens with zero attached hydrogens (tertiary/aromatic N) is 1. The average molecular weight is 187 g/mol. The summed E-state index contributed by atoms with van der Waals surface area (Å²) in [5, 5.41) is 0. The van der Waals surface area contributed by atoms with Crippen molar-refractivity contribution in [1.82, 2.24) is 0 Å². The molecule has 0 aliphatic carbocycles. The van der Waals surface area contributed by atoms with Crippen LogP contribution in [0.4, 0.5) is 0 Å². The van der Waals surface area contributed by atoms with E-state index in [1.54, 1.807) is 6.21 Å². The number of hydrogen-bond donors (Lipinski definition) is 0. The highest BCUT2D eigenvalue weighted by Gasteiger charge is 1.80. The second-order valence-electron chi connectivity index (χ2n) is 3.27. The van der Waals surface area contributed by atoms with Gasteiger partial charge in [0.25, 0.3) is 0 Å². The number of rotatable bonds is 2. The molecule has 0 rings (SSSR count). The monoisotopic (exact) mass is 187 g/mol. The molecule has 0 aromatic carbocycles. The van der Waals surface area contributed by atoms with Crippen molar-refractivity contribution in [3.8, 4) is 0 Å². The fourth-order valence-corrected chi connectivity index (χ4v) is 0.183. The Labute approximate surface area is 85.7 Å². The fraction of sp³-hybridized carbons (Fsp3) is 0.917. The van der Waals surface area contributed by atoms with Gasteiger partial charge in [-0.05, 0) is 26.0 Å². The largest absolute Gasteiger partial charge is 0.298 e. The van der Waals surface area contributed by atoms with Crippen LogP contribution in [0.25, 0.3) is 0 Å². The summed E-state index contributed by atoms with van der Waals surface area (Å²) in [7, 11) is 0. The molecule has 0 saturated heterocycles. The predicted octanol–water partition coefficient (Wildman–Crippen LogP) is 4.57. The van der Waals surface area contributed by atoms with Crippen LogP contribution in [0.2, 0.25) is 0 Å². The van der Waals surface area contributed by atoms with E-state index in [9.17, 15) is 0 Å². The minimum Gasteiger partial charge on any atom is -0.298 e. The highest BCUT2D eigenvalue weighted by molar-refractivity contribution is 5.52. The Hall–Kier alpha value is -0.330. The quantitative estimate of drug-likeness (QED) is 0.562. The van der Waals surface area contributed by atoms with Crippen LogP contribution in [0.3, 0.4) is 0 Å². The van der Waals surface area contributed by atoms with E-state index in [1.165, 1.54) is 12.8 Å². The molecule has 82 valence electrons. The van der Waals surface area contributed by atoms with Crippen LogP contribution >= 0.6 is 0 Å². The molecule has 0 N–H and O–H groups in total. The lowest BCUT2D eigenvalue weighted by molar-refractivity contribution is 0.626. The molecule has 0 spiro atoms. The first-order valence-corrected chi connectivity index (χ1v) is 5.54. The lowest BCUT2D eigenvalue weighted by Gasteiger charge is -1.90. The van der Waals surface area contributed by atoms with Gasteiger partial charge < -0.3 is 0 Å². The highest BCUT2D eigenvalue weighted by Crippen LogP contribution is 1.93. The van der Waals surface area contributed by atoms with E-state index >= 15 is 0 Å². The van der Waals surface area contributed by atoms with E-state index in [0.29, 0.717) is 0 Å². The van der Waals surface area contributed by atoms with Gasteiger partial charge in [0, 0.05) is 6.54 Å². The fourth-order valence-electron chi connectivity index (χ4n) is 0.183. The molecular formula is C12H29N. The normalized spacial score (nSPS) is 8.92. The van der Waals surface area contributed by atoms with Gasteiger partial charge in [0.05, 0.1) is 0 Å². The topological polar surface area (TPSA) is 12.4 Å². The molecule has 13 heavy (non-hydrogen) atoms. The molecular weight excluding hydrogens is 158 g/mol. The van der Waals surface area contributed by atoms with Crippen molar-refractivity contribution in [2.24, 2.45) is 10.9 Å². The summed E-state index contributed by atoms with van der Waals surface area (Å²) < 4.78 is 0. The molecule has 0 saturated carbocycles. The first-order chi connectivity index (χ1) is 6.10. The standard InChI is InChI=1S/C5H12.C4H9N.C3H8/c1-4-5(2)3;1-3-5-4-2;1-3-2/h5H,4H2,1-3H3;3H,4H2,1-2H3;3H2,1-2H3. The summed E-state index contributed by atoms with van der Waals surface area (Å²) in [4.78, 5) is 3.85. The molecule has 0 unspecified atom stereocenters. The van der Waals surface area contributed by atoms with E-state index in [4.69, 9.17) is 0 Å². The zero-order chi connectivity index (χ0) is 11.1. The van der Waals surface area contributed by atoms with E-state index in [2.05, 4.69) is 39.6 Å². The van der Waals surface area contributed by atoms with Gasteiger partial charge in [-0.15, -0.1) is 0 Å². The maximum absolute atomic E-state index is 3.85. The maximum Gasteiger partial charge on any atom is 0.0356 e. The predicted molar refractivity (Wildman–Crippen MR) is 65.8 cm³/mol. The molecule has 0 amide bonds. The lowest BCUT2D eigenvalue weighted by Crippen LogP contribution is -1.77. The molecule has 0 fully saturated rings. The van der Waals surface area contributed by atoms with Crippen molar-refractivity contribution in [2.45, 2.75) is 61.3 Å². The van der Waals surface area contributed by atoms with Crippen LogP contribution in [-0.2, 0) is 0 Å². The van der Waals surface area contributed by atoms with Gasteiger partial charge in [0.1, 0.15) is 0 Å². The number of aliphatic imine (C=N–C) groups is 1. The van der Waals surface area contributed by atoms with Gasteiger partial charge in [0.2, 0.25) is 0 Å². The van der Waals surface area contributed by atoms with Crippen molar-refractivity contribution >= 4 is 6.21 Å². The molecule has 0 aromatic heterocycles. The van der Waals surface area contributed by atoms with Crippen molar-refractivity contribution in [2.75, 3.05) is 6.54 Å². The van der Waals surface area contributed by atoms with Crippen molar-refractivity contribution in [3.63, 3.8) is 0 Å². The van der Waals surface area contributed by atoms with Crippen molar-refractivity contribution < 1.29 is 0 Å². The average Bonchev–Trinajstić information content (AvgIpc) is 2.08. The van der Waals surface area contributed by atoms with E-state index in [1.807, 2.05) is 13.8 Å². The molecule has 0 heterocycles. The second-order valence-corrected chi connectivity index (χ2v) is 3.27. The highest BCUT2D eigenvalue weighted by atomic mass is 14.7.